The van der Waals surface area contributed by atoms with Crippen LogP contribution in [0, 0.1) is 21.4 Å². The number of ether oxygens (including phenoxy) is 1. The van der Waals surface area contributed by atoms with Gasteiger partial charge in [0.25, 0.3) is 27.5 Å². The number of likely N-dealkylation sites (tertiary alicyclic amines) is 1. The van der Waals surface area contributed by atoms with Crippen LogP contribution in [0.2, 0.25) is 5.02 Å². The Hall–Kier alpha value is -8.34. The lowest BCUT2D eigenvalue weighted by atomic mass is 9.72. The Morgan fingerprint density at radius 1 is 0.886 bits per heavy atom. The molecule has 0 saturated carbocycles. The number of aromatic nitrogens is 2. The van der Waals surface area contributed by atoms with Crippen molar-refractivity contribution in [3.05, 3.63) is 146 Å². The number of unbranched alkanes of at least 4 members (excludes halogenated alkanes) is 3. The highest BCUT2D eigenvalue weighted by molar-refractivity contribution is 7.90. The number of nitrogens with one attached hydrogen (secondary N) is 5. The summed E-state index contributed by atoms with van der Waals surface area (Å²) in [7, 11) is -4.67. The van der Waals surface area contributed by atoms with Gasteiger partial charge in [-0.25, -0.2) is 18.1 Å². The Labute approximate surface area is 516 Å². The number of pyridine rings is 1. The summed E-state index contributed by atoms with van der Waals surface area (Å²) in [5.41, 5.74) is 7.44. The highest BCUT2D eigenvalue weighted by Crippen LogP contribution is 2.44. The number of allylic oxidation sites excluding steroid dienone is 1. The zero-order valence-corrected chi connectivity index (χ0v) is 51.2. The van der Waals surface area contributed by atoms with Crippen molar-refractivity contribution >= 4 is 90.5 Å². The monoisotopic (exact) mass is 1240 g/mol. The lowest BCUT2D eigenvalue weighted by molar-refractivity contribution is -0.384. The number of benzene rings is 4. The number of sulfonamides is 1. The first-order valence-corrected chi connectivity index (χ1v) is 32.3. The van der Waals surface area contributed by atoms with Gasteiger partial charge in [-0.15, -0.1) is 0 Å². The highest BCUT2D eigenvalue weighted by Gasteiger charge is 2.40. The molecule has 2 atom stereocenters. The molecule has 4 aliphatic heterocycles. The number of nitro groups is 1. The fraction of sp³-hybridized carbons (Fsp3) is 0.415. The molecule has 0 radical (unpaired) electrons. The maximum atomic E-state index is 14.2. The maximum Gasteiger partial charge on any atom is 0.293 e. The molecule has 5 amide bonds. The Bertz CT molecular complexity index is 3810. The van der Waals surface area contributed by atoms with Crippen LogP contribution in [-0.4, -0.2) is 132 Å². The average molecular weight is 1240 g/mol. The third-order valence-electron chi connectivity index (χ3n) is 17.7. The summed E-state index contributed by atoms with van der Waals surface area (Å²) < 4.78 is 36.5. The van der Waals surface area contributed by atoms with E-state index in [0.717, 1.165) is 99.4 Å². The molecule has 2 unspecified atom stereocenters. The molecular weight excluding hydrogens is 1160 g/mol. The van der Waals surface area contributed by atoms with Gasteiger partial charge in [0.1, 0.15) is 28.9 Å². The molecule has 2 aromatic heterocycles. The summed E-state index contributed by atoms with van der Waals surface area (Å²) >= 11 is 6.27. The molecule has 3 saturated heterocycles. The number of nitro benzene ring substituents is 1. The fourth-order valence-electron chi connectivity index (χ4n) is 12.8. The van der Waals surface area contributed by atoms with Crippen molar-refractivity contribution in [3.8, 4) is 11.5 Å². The molecule has 88 heavy (non-hydrogen) atoms. The highest BCUT2D eigenvalue weighted by atomic mass is 35.5. The van der Waals surface area contributed by atoms with Crippen molar-refractivity contribution in [2.45, 2.75) is 108 Å². The molecule has 1 aliphatic carbocycles. The van der Waals surface area contributed by atoms with Crippen LogP contribution < -0.4 is 30.3 Å². The first-order chi connectivity index (χ1) is 42.3. The lowest BCUT2D eigenvalue weighted by Crippen LogP contribution is -2.52. The Morgan fingerprint density at radius 3 is 2.49 bits per heavy atom. The van der Waals surface area contributed by atoms with Crippen LogP contribution in [0.1, 0.15) is 123 Å². The summed E-state index contributed by atoms with van der Waals surface area (Å²) in [5, 5.41) is 22.9. The number of rotatable bonds is 22. The van der Waals surface area contributed by atoms with E-state index in [4.69, 9.17) is 16.3 Å². The van der Waals surface area contributed by atoms with Crippen LogP contribution in [0.15, 0.2) is 114 Å². The van der Waals surface area contributed by atoms with Crippen LogP contribution in [0.4, 0.5) is 22.7 Å². The minimum atomic E-state index is -4.67. The number of imide groups is 1. The summed E-state index contributed by atoms with van der Waals surface area (Å²) in [6.07, 6.45) is 12.1. The van der Waals surface area contributed by atoms with E-state index in [1.807, 2.05) is 35.2 Å². The molecule has 4 aromatic carbocycles. The Balaban J connectivity index is 0.672. The van der Waals surface area contributed by atoms with E-state index >= 15 is 0 Å². The van der Waals surface area contributed by atoms with Crippen LogP contribution >= 0.6 is 11.6 Å². The number of halogens is 1. The smallest absolute Gasteiger partial charge is 0.293 e. The van der Waals surface area contributed by atoms with Crippen LogP contribution in [0.5, 0.6) is 11.5 Å². The molecule has 11 rings (SSSR count). The van der Waals surface area contributed by atoms with E-state index in [2.05, 4.69) is 66.4 Å². The zero-order chi connectivity index (χ0) is 61.7. The second-order valence-corrected chi connectivity index (χ2v) is 26.6. The molecule has 3 fully saturated rings. The van der Waals surface area contributed by atoms with E-state index in [-0.39, 0.29) is 59.0 Å². The first-order valence-electron chi connectivity index (χ1n) is 30.4. The quantitative estimate of drug-likeness (QED) is 0.0183. The molecule has 5 aliphatic rings. The minimum Gasteiger partial charge on any atom is -0.455 e. The number of aromatic amines is 1. The number of fused-ring (bicyclic) bond motifs is 2. The Kier molecular flexibility index (Phi) is 18.5. The second kappa shape index (κ2) is 26.6. The van der Waals surface area contributed by atoms with Gasteiger partial charge >= 0.3 is 0 Å². The number of carbonyl (C=O) groups excluding carboxylic acids is 5. The molecule has 6 heterocycles. The van der Waals surface area contributed by atoms with Gasteiger partial charge in [0, 0.05) is 130 Å². The van der Waals surface area contributed by atoms with Crippen molar-refractivity contribution in [1.29, 1.82) is 0 Å². The molecule has 462 valence electrons. The standard InChI is InChI=1S/C65H74ClN11O10S/c1-65(2)25-23-45(52(36-65)43-13-15-46(66)16-14-43)40-73-29-31-74(32-30-73)47-17-19-51(58(34-47)87-48-33-44-24-27-68-61(44)70-38-48)62(80)72-88(85,86)49-18-20-55(57(35-49)77(83)84)69-37-42-9-8-28-75(39-42)60(79)12-5-3-4-6-26-67-54-11-7-10-50-53(54)41-76(64(50)82)56-21-22-59(78)71-63(56)81/h7,10-11,13-20,24,27,33-35,38,42,56,67,69H,3-6,8-9,12,21-23,25-26,28-32,36-37,39-41H2,1-2H3,(H,68,70)(H,72,80)(H,71,78,81). The van der Waals surface area contributed by atoms with E-state index in [9.17, 15) is 42.5 Å². The number of anilines is 3. The zero-order valence-electron chi connectivity index (χ0n) is 49.6. The van der Waals surface area contributed by atoms with E-state index in [0.29, 0.717) is 80.5 Å². The normalized spacial score (nSPS) is 18.9. The topological polar surface area (TPSA) is 262 Å². The van der Waals surface area contributed by atoms with Gasteiger partial charge in [-0.2, -0.15) is 0 Å². The van der Waals surface area contributed by atoms with Gasteiger partial charge in [-0.05, 0) is 134 Å². The van der Waals surface area contributed by atoms with Crippen LogP contribution in [0.3, 0.4) is 0 Å². The van der Waals surface area contributed by atoms with Gasteiger partial charge in [-0.3, -0.25) is 44.3 Å². The molecule has 23 heteroatoms. The van der Waals surface area contributed by atoms with Crippen molar-refractivity contribution in [2.75, 3.05) is 74.4 Å². The van der Waals surface area contributed by atoms with E-state index in [1.54, 1.807) is 30.5 Å². The number of H-pyrrole nitrogens is 1. The summed E-state index contributed by atoms with van der Waals surface area (Å²) in [4.78, 5) is 92.0. The van der Waals surface area contributed by atoms with Gasteiger partial charge in [-0.1, -0.05) is 62.1 Å². The van der Waals surface area contributed by atoms with Gasteiger partial charge in [0.05, 0.1) is 21.6 Å². The molecule has 0 bridgehead atoms. The number of piperazine rings is 1. The third kappa shape index (κ3) is 14.3. The van der Waals surface area contributed by atoms with E-state index in [1.165, 1.54) is 46.0 Å². The summed E-state index contributed by atoms with van der Waals surface area (Å²) in [5.74, 6) is -1.54. The lowest BCUT2D eigenvalue weighted by Gasteiger charge is -2.39. The van der Waals surface area contributed by atoms with Crippen LogP contribution in [-0.2, 0) is 31.0 Å². The molecule has 5 N–H and O–H groups in total. The third-order valence-corrected chi connectivity index (χ3v) is 19.3. The number of hydrogen-bond donors (Lipinski definition) is 5. The maximum absolute atomic E-state index is 14.2. The molecule has 0 spiro atoms. The van der Waals surface area contributed by atoms with Gasteiger partial charge in [0.2, 0.25) is 17.7 Å². The molecule has 6 aromatic rings. The van der Waals surface area contributed by atoms with Crippen molar-refractivity contribution in [3.63, 3.8) is 0 Å². The van der Waals surface area contributed by atoms with E-state index < -0.39 is 43.4 Å². The number of piperidine rings is 2. The number of hydrogen-bond acceptors (Lipinski definition) is 15. The van der Waals surface area contributed by atoms with Crippen molar-refractivity contribution in [2.24, 2.45) is 11.3 Å². The summed E-state index contributed by atoms with van der Waals surface area (Å²) in [6.45, 7) is 10.8. The summed E-state index contributed by atoms with van der Waals surface area (Å²) in [6, 6.07) is 25.0. The molecule has 21 nitrogen and oxygen atoms in total. The van der Waals surface area contributed by atoms with Gasteiger partial charge in [0.15, 0.2) is 0 Å². The SMILES string of the molecule is CC1(C)CCC(CN2CCN(c3ccc(C(=O)NS(=O)(=O)c4ccc(NCC5CCCN(C(=O)CCCCCCNc6cccc7c6CN(C6CCC(=O)NC6=O)C7=O)C5)c([N+](=O)[O-])c4)c(Oc4cnc5[nH]ccc5c4)c3)CC2)=C(c2ccc(Cl)cc2)C1. The number of amides is 5. The van der Waals surface area contributed by atoms with Gasteiger partial charge < -0.3 is 35.1 Å². The van der Waals surface area contributed by atoms with Crippen molar-refractivity contribution < 1.29 is 42.1 Å². The number of nitrogens with zero attached hydrogens (tertiary/aromatic N) is 6. The Morgan fingerprint density at radius 2 is 1.69 bits per heavy atom. The van der Waals surface area contributed by atoms with Crippen LogP contribution in [0.25, 0.3) is 16.6 Å². The second-order valence-electron chi connectivity index (χ2n) is 24.5. The number of carbonyl (C=O) groups is 5. The molecular formula is C65H74ClN11O10S. The average Bonchev–Trinajstić information content (AvgIpc) is 3.11. The predicted molar refractivity (Wildman–Crippen MR) is 337 cm³/mol. The largest absolute Gasteiger partial charge is 0.455 e. The predicted octanol–water partition coefficient (Wildman–Crippen LogP) is 10.3. The fourth-order valence-corrected chi connectivity index (χ4v) is 13.9. The van der Waals surface area contributed by atoms with Crippen molar-refractivity contribution in [1.82, 2.24) is 34.7 Å². The minimum absolute atomic E-state index is 0.0167. The first kappa shape index (κ1) is 61.3.